The molecule has 0 radical (unpaired) electrons. The van der Waals surface area contributed by atoms with Crippen LogP contribution in [-0.4, -0.2) is 20.7 Å². The summed E-state index contributed by atoms with van der Waals surface area (Å²) in [6.45, 7) is 0. The number of nitro benzene ring substituents is 1. The molecular formula is C25H17Cl2N5O3. The van der Waals surface area contributed by atoms with Crippen LogP contribution in [0.4, 0.5) is 28.7 Å². The van der Waals surface area contributed by atoms with Crippen molar-refractivity contribution in [3.05, 3.63) is 116 Å². The van der Waals surface area contributed by atoms with E-state index in [-0.39, 0.29) is 11.5 Å². The fourth-order valence-corrected chi connectivity index (χ4v) is 3.59. The van der Waals surface area contributed by atoms with Gasteiger partial charge in [-0.05, 0) is 66.7 Å². The lowest BCUT2D eigenvalue weighted by atomic mass is 10.1. The van der Waals surface area contributed by atoms with Gasteiger partial charge in [-0.15, -0.1) is 0 Å². The molecular weight excluding hydrogens is 489 g/mol. The molecule has 10 heteroatoms. The SMILES string of the molecule is O=C(/C=C/c1cccnc1Nc1ccc(Cl)cc1Cl)c1cccnc1Nc1ccc([N+](=O)[O-])cc1. The predicted octanol–water partition coefficient (Wildman–Crippen LogP) is 7.07. The van der Waals surface area contributed by atoms with E-state index < -0.39 is 4.92 Å². The van der Waals surface area contributed by atoms with Crippen LogP contribution < -0.4 is 10.6 Å². The van der Waals surface area contributed by atoms with E-state index in [1.54, 1.807) is 67.0 Å². The first kappa shape index (κ1) is 23.9. The summed E-state index contributed by atoms with van der Waals surface area (Å²) in [7, 11) is 0. The summed E-state index contributed by atoms with van der Waals surface area (Å²) < 4.78 is 0. The third kappa shape index (κ3) is 6.00. The number of carbonyl (C=O) groups is 1. The van der Waals surface area contributed by atoms with E-state index in [0.29, 0.717) is 44.2 Å². The maximum atomic E-state index is 13.0. The second kappa shape index (κ2) is 10.8. The number of benzene rings is 2. The number of nitrogens with one attached hydrogen (secondary N) is 2. The summed E-state index contributed by atoms with van der Waals surface area (Å²) in [4.78, 5) is 32.0. The second-order valence-corrected chi connectivity index (χ2v) is 8.06. The van der Waals surface area contributed by atoms with Crippen LogP contribution in [0.25, 0.3) is 6.08 Å². The van der Waals surface area contributed by atoms with Crippen molar-refractivity contribution in [1.82, 2.24) is 9.97 Å². The predicted molar refractivity (Wildman–Crippen MR) is 138 cm³/mol. The monoisotopic (exact) mass is 505 g/mol. The zero-order valence-electron chi connectivity index (χ0n) is 18.0. The lowest BCUT2D eigenvalue weighted by Crippen LogP contribution is -2.03. The minimum Gasteiger partial charge on any atom is -0.340 e. The van der Waals surface area contributed by atoms with Gasteiger partial charge in [0.15, 0.2) is 5.78 Å². The molecule has 4 rings (SSSR count). The molecule has 35 heavy (non-hydrogen) atoms. The summed E-state index contributed by atoms with van der Waals surface area (Å²) in [5.41, 5.74) is 2.15. The average Bonchev–Trinajstić information content (AvgIpc) is 2.85. The molecule has 0 fully saturated rings. The minimum atomic E-state index is -0.479. The number of nitrogens with zero attached hydrogens (tertiary/aromatic N) is 3. The van der Waals surface area contributed by atoms with E-state index in [2.05, 4.69) is 20.6 Å². The number of carbonyl (C=O) groups excluding carboxylic acids is 1. The number of hydrogen-bond acceptors (Lipinski definition) is 7. The maximum Gasteiger partial charge on any atom is 0.269 e. The number of anilines is 4. The van der Waals surface area contributed by atoms with Crippen LogP contribution in [0.2, 0.25) is 10.0 Å². The molecule has 0 aliphatic carbocycles. The topological polar surface area (TPSA) is 110 Å². The molecule has 0 aliphatic heterocycles. The zero-order chi connectivity index (χ0) is 24.8. The van der Waals surface area contributed by atoms with Crippen LogP contribution in [0.3, 0.4) is 0 Å². The molecule has 2 aromatic heterocycles. The molecule has 0 saturated carbocycles. The Morgan fingerprint density at radius 1 is 0.914 bits per heavy atom. The Kier molecular flexibility index (Phi) is 7.35. The third-order valence-corrected chi connectivity index (χ3v) is 5.40. The van der Waals surface area contributed by atoms with Crippen molar-refractivity contribution in [2.24, 2.45) is 0 Å². The van der Waals surface area contributed by atoms with Gasteiger partial charge >= 0.3 is 0 Å². The van der Waals surface area contributed by atoms with Crippen LogP contribution >= 0.6 is 23.2 Å². The van der Waals surface area contributed by atoms with Gasteiger partial charge in [0.25, 0.3) is 5.69 Å². The summed E-state index contributed by atoms with van der Waals surface area (Å²) in [6, 6.07) is 17.8. The van der Waals surface area contributed by atoms with Crippen LogP contribution in [-0.2, 0) is 0 Å². The highest BCUT2D eigenvalue weighted by Crippen LogP contribution is 2.29. The number of rotatable bonds is 8. The lowest BCUT2D eigenvalue weighted by Gasteiger charge is -2.11. The van der Waals surface area contributed by atoms with E-state index in [0.717, 1.165) is 0 Å². The quantitative estimate of drug-likeness (QED) is 0.114. The third-order valence-electron chi connectivity index (χ3n) is 4.85. The molecule has 0 aliphatic rings. The normalized spacial score (nSPS) is 10.8. The van der Waals surface area contributed by atoms with Gasteiger partial charge in [0.05, 0.1) is 21.2 Å². The molecule has 0 bridgehead atoms. The van der Waals surface area contributed by atoms with Crippen LogP contribution in [0.5, 0.6) is 0 Å². The Bertz CT molecular complexity index is 1430. The van der Waals surface area contributed by atoms with Crippen molar-refractivity contribution in [2.75, 3.05) is 10.6 Å². The molecule has 0 amide bonds. The van der Waals surface area contributed by atoms with Crippen LogP contribution in [0, 0.1) is 10.1 Å². The number of nitro groups is 1. The van der Waals surface area contributed by atoms with Crippen LogP contribution in [0.1, 0.15) is 15.9 Å². The van der Waals surface area contributed by atoms with Crippen molar-refractivity contribution in [2.45, 2.75) is 0 Å². The van der Waals surface area contributed by atoms with E-state index >= 15 is 0 Å². The fourth-order valence-electron chi connectivity index (χ4n) is 3.14. The number of pyridine rings is 2. The van der Waals surface area contributed by atoms with Gasteiger partial charge in [-0.25, -0.2) is 9.97 Å². The zero-order valence-corrected chi connectivity index (χ0v) is 19.5. The first-order valence-corrected chi connectivity index (χ1v) is 11.0. The molecule has 0 saturated heterocycles. The average molecular weight is 506 g/mol. The second-order valence-electron chi connectivity index (χ2n) is 7.22. The van der Waals surface area contributed by atoms with Crippen LogP contribution in [0.15, 0.2) is 85.2 Å². The van der Waals surface area contributed by atoms with E-state index in [1.807, 2.05) is 6.07 Å². The summed E-state index contributed by atoms with van der Waals surface area (Å²) in [5, 5.41) is 18.0. The number of allylic oxidation sites excluding steroid dienone is 1. The van der Waals surface area contributed by atoms with Gasteiger partial charge in [-0.1, -0.05) is 23.2 Å². The highest BCUT2D eigenvalue weighted by Gasteiger charge is 2.12. The largest absolute Gasteiger partial charge is 0.340 e. The highest BCUT2D eigenvalue weighted by molar-refractivity contribution is 6.36. The molecule has 0 atom stereocenters. The van der Waals surface area contributed by atoms with Gasteiger partial charge < -0.3 is 10.6 Å². The molecule has 174 valence electrons. The van der Waals surface area contributed by atoms with Gasteiger partial charge in [-0.3, -0.25) is 14.9 Å². The Morgan fingerprint density at radius 3 is 2.34 bits per heavy atom. The van der Waals surface area contributed by atoms with E-state index in [1.165, 1.54) is 18.2 Å². The Morgan fingerprint density at radius 2 is 1.63 bits per heavy atom. The molecule has 0 unspecified atom stereocenters. The smallest absolute Gasteiger partial charge is 0.269 e. The molecule has 2 aromatic carbocycles. The van der Waals surface area contributed by atoms with Crippen molar-refractivity contribution in [3.8, 4) is 0 Å². The first-order chi connectivity index (χ1) is 16.9. The van der Waals surface area contributed by atoms with Gasteiger partial charge in [0, 0.05) is 40.8 Å². The first-order valence-electron chi connectivity index (χ1n) is 10.3. The lowest BCUT2D eigenvalue weighted by molar-refractivity contribution is -0.384. The maximum absolute atomic E-state index is 13.0. The summed E-state index contributed by atoms with van der Waals surface area (Å²) in [5.74, 6) is 0.548. The van der Waals surface area contributed by atoms with Gasteiger partial charge in [0.2, 0.25) is 0 Å². The molecule has 2 N–H and O–H groups in total. The van der Waals surface area contributed by atoms with Crippen molar-refractivity contribution in [3.63, 3.8) is 0 Å². The number of aromatic nitrogens is 2. The van der Waals surface area contributed by atoms with Crippen molar-refractivity contribution < 1.29 is 9.72 Å². The number of non-ortho nitro benzene ring substituents is 1. The van der Waals surface area contributed by atoms with E-state index in [4.69, 9.17) is 23.2 Å². The van der Waals surface area contributed by atoms with Gasteiger partial charge in [0.1, 0.15) is 11.6 Å². The Hall–Kier alpha value is -4.27. The summed E-state index contributed by atoms with van der Waals surface area (Å²) in [6.07, 6.45) is 6.24. The van der Waals surface area contributed by atoms with E-state index in [9.17, 15) is 14.9 Å². The molecule has 4 aromatic rings. The van der Waals surface area contributed by atoms with Crippen molar-refractivity contribution in [1.29, 1.82) is 0 Å². The number of ketones is 1. The Labute approximate surface area is 210 Å². The summed E-state index contributed by atoms with van der Waals surface area (Å²) >= 11 is 12.2. The number of halogens is 2. The molecule has 2 heterocycles. The minimum absolute atomic E-state index is 0.0309. The van der Waals surface area contributed by atoms with Gasteiger partial charge in [-0.2, -0.15) is 0 Å². The molecule has 8 nitrogen and oxygen atoms in total. The molecule has 0 spiro atoms. The fraction of sp³-hybridized carbons (Fsp3) is 0. The standard InChI is InChI=1S/C25H17Cl2N5O3/c26-17-6-11-22(21(27)15-17)31-24-16(3-1-13-28-24)5-12-23(33)20-4-2-14-29-25(20)30-18-7-9-19(10-8-18)32(34)35/h1-15H,(H,28,31)(H,29,30)/b12-5+. The highest BCUT2D eigenvalue weighted by atomic mass is 35.5. The Balaban J connectivity index is 1.54. The van der Waals surface area contributed by atoms with Crippen molar-refractivity contribution >= 4 is 63.8 Å². The number of hydrogen-bond donors (Lipinski definition) is 2.